The van der Waals surface area contributed by atoms with E-state index in [-0.39, 0.29) is 51.4 Å². The van der Waals surface area contributed by atoms with Gasteiger partial charge in [-0.15, -0.1) is 0 Å². The molecule has 1 atom stereocenters. The van der Waals surface area contributed by atoms with Crippen LogP contribution in [0.5, 0.6) is 0 Å². The van der Waals surface area contributed by atoms with E-state index in [1.165, 1.54) is 0 Å². The minimum Gasteiger partial charge on any atom is -0.540 e. The Labute approximate surface area is 97.4 Å². The predicted molar refractivity (Wildman–Crippen MR) is 32.1 cm³/mol. The van der Waals surface area contributed by atoms with Gasteiger partial charge in [-0.3, -0.25) is 0 Å². The van der Waals surface area contributed by atoms with Gasteiger partial charge in [0, 0.05) is 0 Å². The van der Waals surface area contributed by atoms with Gasteiger partial charge in [-0.1, -0.05) is 12.5 Å². The van der Waals surface area contributed by atoms with Crippen LogP contribution in [0.4, 0.5) is 0 Å². The van der Waals surface area contributed by atoms with Gasteiger partial charge in [0.1, 0.15) is 0 Å². The molecule has 0 aliphatic rings. The second-order valence-corrected chi connectivity index (χ2v) is 1.68. The molecule has 2 N–H and O–H groups in total. The summed E-state index contributed by atoms with van der Waals surface area (Å²) in [6.07, 6.45) is 2.26. The molecule has 0 aromatic rings. The Morgan fingerprint density at radius 1 is 1.75 bits per heavy atom. The third kappa shape index (κ3) is 7.62. The molecular formula is C4H8KNOS. The van der Waals surface area contributed by atoms with Gasteiger partial charge < -0.3 is 10.5 Å². The molecule has 0 bridgehead atoms. The number of nitrogens with two attached hydrogens (primary N) is 1. The van der Waals surface area contributed by atoms with Crippen LogP contribution in [0.25, 0.3) is 0 Å². The van der Waals surface area contributed by atoms with Crippen molar-refractivity contribution in [2.45, 2.75) is 12.5 Å². The van der Waals surface area contributed by atoms with Crippen LogP contribution in [0.3, 0.4) is 0 Å². The van der Waals surface area contributed by atoms with Crippen LogP contribution in [0.2, 0.25) is 0 Å². The van der Waals surface area contributed by atoms with Crippen LogP contribution in [0, 0.1) is 0 Å². The first-order valence-corrected chi connectivity index (χ1v) is 2.68. The van der Waals surface area contributed by atoms with E-state index in [1.807, 2.05) is 0 Å². The van der Waals surface area contributed by atoms with E-state index in [9.17, 15) is 4.79 Å². The fourth-order valence-electron chi connectivity index (χ4n) is 0.198. The summed E-state index contributed by atoms with van der Waals surface area (Å²) in [5, 5.41) is 0. The molecular weight excluding hydrogens is 149 g/mol. The third-order valence-electron chi connectivity index (χ3n) is 0.591. The van der Waals surface area contributed by atoms with E-state index < -0.39 is 6.04 Å². The van der Waals surface area contributed by atoms with E-state index in [4.69, 9.17) is 5.73 Å². The van der Waals surface area contributed by atoms with E-state index in [0.29, 0.717) is 12.2 Å². The Balaban J connectivity index is 0. The van der Waals surface area contributed by atoms with Gasteiger partial charge in [0.15, 0.2) is 0 Å². The molecule has 42 valence electrons. The van der Waals surface area contributed by atoms with Gasteiger partial charge in [-0.2, -0.15) is 12.6 Å². The van der Waals surface area contributed by atoms with Crippen molar-refractivity contribution in [1.82, 2.24) is 0 Å². The second kappa shape index (κ2) is 8.62. The maximum atomic E-state index is 9.61. The zero-order chi connectivity index (χ0) is 5.70. The van der Waals surface area contributed by atoms with Gasteiger partial charge in [0.25, 0.3) is 0 Å². The van der Waals surface area contributed by atoms with Crippen LogP contribution in [-0.4, -0.2) is 18.1 Å². The van der Waals surface area contributed by atoms with Crippen LogP contribution in [-0.2, 0) is 4.79 Å². The maximum Gasteiger partial charge on any atom is 1.00 e. The number of thiol groups is 1. The summed E-state index contributed by atoms with van der Waals surface area (Å²) < 4.78 is 0. The maximum absolute atomic E-state index is 9.61. The predicted octanol–water partition coefficient (Wildman–Crippen LogP) is -3.25. The average Bonchev–Trinajstić information content (AvgIpc) is 1.68. The molecule has 0 fully saturated rings. The van der Waals surface area contributed by atoms with E-state index >= 15 is 0 Å². The van der Waals surface area contributed by atoms with Gasteiger partial charge in [0.05, 0.1) is 0 Å². The Bertz CT molecular complexity index is 62.0. The fourth-order valence-corrected chi connectivity index (χ4v) is 0.476. The quantitative estimate of drug-likeness (QED) is 0.257. The number of rotatable bonds is 3. The summed E-state index contributed by atoms with van der Waals surface area (Å²) in [5.41, 5.74) is 5.11. The smallest absolute Gasteiger partial charge is 0.540 e. The number of hydrogen-bond acceptors (Lipinski definition) is 3. The first kappa shape index (κ1) is 12.3. The SMILES string of the molecule is N[C@H]([C-]=O)CCS.[K+]. The number of hydrogen-bond donors (Lipinski definition) is 2. The number of carbonyl (C=O) groups excluding carboxylic acids is 1. The molecule has 0 saturated carbocycles. The van der Waals surface area contributed by atoms with Gasteiger partial charge in [-0.05, 0) is 5.75 Å². The van der Waals surface area contributed by atoms with Crippen molar-refractivity contribution in [3.8, 4) is 0 Å². The topological polar surface area (TPSA) is 43.1 Å². The summed E-state index contributed by atoms with van der Waals surface area (Å²) in [5.74, 6) is 0.649. The zero-order valence-corrected chi connectivity index (χ0v) is 8.94. The van der Waals surface area contributed by atoms with Crippen molar-refractivity contribution >= 4 is 18.9 Å². The second-order valence-electron chi connectivity index (χ2n) is 1.24. The van der Waals surface area contributed by atoms with Crippen LogP contribution < -0.4 is 57.1 Å². The molecule has 0 saturated heterocycles. The van der Waals surface area contributed by atoms with Crippen molar-refractivity contribution in [3.05, 3.63) is 0 Å². The van der Waals surface area contributed by atoms with Crippen molar-refractivity contribution in [3.63, 3.8) is 0 Å². The Morgan fingerprint density at radius 3 is 2.38 bits per heavy atom. The van der Waals surface area contributed by atoms with Crippen molar-refractivity contribution in [1.29, 1.82) is 0 Å². The molecule has 0 aliphatic heterocycles. The van der Waals surface area contributed by atoms with Crippen LogP contribution in [0.15, 0.2) is 0 Å². The largest absolute Gasteiger partial charge is 1.00 e. The first-order valence-electron chi connectivity index (χ1n) is 2.05. The monoisotopic (exact) mass is 157 g/mol. The Hall–Kier alpha value is 1.62. The average molecular weight is 157 g/mol. The standard InChI is InChI=1S/C4H8NOS.K/c5-4(3-6)1-2-7;/h4,7H,1-2,5H2;/q-1;+1/t4-;/m0./s1. The fraction of sp³-hybridized carbons (Fsp3) is 0.750. The molecule has 0 radical (unpaired) electrons. The van der Waals surface area contributed by atoms with Gasteiger partial charge in [-0.25, -0.2) is 6.29 Å². The molecule has 0 amide bonds. The molecule has 0 rings (SSSR count). The molecule has 2 nitrogen and oxygen atoms in total. The molecule has 0 aromatic carbocycles. The normalized spacial score (nSPS) is 11.8. The van der Waals surface area contributed by atoms with Gasteiger partial charge >= 0.3 is 51.4 Å². The molecule has 0 heterocycles. The van der Waals surface area contributed by atoms with E-state index in [1.54, 1.807) is 6.29 Å². The van der Waals surface area contributed by atoms with Crippen LogP contribution in [0.1, 0.15) is 6.42 Å². The van der Waals surface area contributed by atoms with Crippen molar-refractivity contribution in [2.75, 3.05) is 5.75 Å². The summed E-state index contributed by atoms with van der Waals surface area (Å²) in [6, 6.07) is -0.433. The zero-order valence-electron chi connectivity index (χ0n) is 4.92. The molecule has 0 unspecified atom stereocenters. The molecule has 0 aliphatic carbocycles. The Kier molecular flexibility index (Phi) is 13.3. The minimum absolute atomic E-state index is 0. The first-order chi connectivity index (χ1) is 3.31. The minimum atomic E-state index is -0.433. The molecule has 8 heavy (non-hydrogen) atoms. The summed E-state index contributed by atoms with van der Waals surface area (Å²) >= 11 is 3.86. The molecule has 4 heteroatoms. The third-order valence-corrected chi connectivity index (χ3v) is 0.850. The summed E-state index contributed by atoms with van der Waals surface area (Å²) in [7, 11) is 0. The van der Waals surface area contributed by atoms with Crippen molar-refractivity contribution in [2.24, 2.45) is 5.73 Å². The van der Waals surface area contributed by atoms with E-state index in [2.05, 4.69) is 12.6 Å². The van der Waals surface area contributed by atoms with Crippen molar-refractivity contribution < 1.29 is 56.2 Å². The molecule has 0 aromatic heterocycles. The summed E-state index contributed by atoms with van der Waals surface area (Å²) in [6.45, 7) is 0. The van der Waals surface area contributed by atoms with E-state index in [0.717, 1.165) is 0 Å². The van der Waals surface area contributed by atoms with Crippen LogP contribution >= 0.6 is 12.6 Å². The van der Waals surface area contributed by atoms with Gasteiger partial charge in [0.2, 0.25) is 0 Å². The molecule has 0 spiro atoms. The summed E-state index contributed by atoms with van der Waals surface area (Å²) in [4.78, 5) is 9.61. The Morgan fingerprint density at radius 2 is 2.25 bits per heavy atom.